The van der Waals surface area contributed by atoms with Gasteiger partial charge in [-0.3, -0.25) is 9.59 Å². The van der Waals surface area contributed by atoms with Crippen LogP contribution in [0, 0.1) is 11.8 Å². The molecule has 0 radical (unpaired) electrons. The van der Waals surface area contributed by atoms with Crippen LogP contribution in [0.5, 0.6) is 0 Å². The number of esters is 1. The van der Waals surface area contributed by atoms with Crippen LogP contribution < -0.4 is 4.90 Å². The Balaban J connectivity index is 1.71. The minimum Gasteiger partial charge on any atom is -0.466 e. The van der Waals surface area contributed by atoms with Gasteiger partial charge >= 0.3 is 5.97 Å². The predicted molar refractivity (Wildman–Crippen MR) is 88.5 cm³/mol. The summed E-state index contributed by atoms with van der Waals surface area (Å²) in [6.07, 6.45) is 4.37. The first kappa shape index (κ1) is 15.4. The molecule has 0 saturated carbocycles. The topological polar surface area (TPSA) is 55.8 Å². The monoisotopic (exact) mass is 327 g/mol. The number of benzene rings is 1. The van der Waals surface area contributed by atoms with Gasteiger partial charge in [0.15, 0.2) is 0 Å². The summed E-state index contributed by atoms with van der Waals surface area (Å²) in [6.45, 7) is 4.61. The molecule has 4 rings (SSSR count). The van der Waals surface area contributed by atoms with Crippen LogP contribution in [0.25, 0.3) is 0 Å². The van der Waals surface area contributed by atoms with Crippen LogP contribution in [0.15, 0.2) is 36.4 Å². The number of hydrogen-bond donors (Lipinski definition) is 0. The third kappa shape index (κ3) is 1.97. The fourth-order valence-electron chi connectivity index (χ4n) is 4.28. The van der Waals surface area contributed by atoms with E-state index < -0.39 is 17.4 Å². The Hall–Kier alpha value is -2.14. The van der Waals surface area contributed by atoms with Crippen molar-refractivity contribution in [2.75, 3.05) is 18.1 Å². The van der Waals surface area contributed by atoms with Crippen LogP contribution in [0.2, 0.25) is 0 Å². The summed E-state index contributed by atoms with van der Waals surface area (Å²) in [6, 6.07) is 7.91. The molecule has 3 aliphatic rings. The number of amides is 1. The van der Waals surface area contributed by atoms with Crippen molar-refractivity contribution in [3.05, 3.63) is 42.0 Å². The van der Waals surface area contributed by atoms with E-state index in [0.717, 1.165) is 17.7 Å². The number of hydrogen-bond acceptors (Lipinski definition) is 4. The van der Waals surface area contributed by atoms with Crippen molar-refractivity contribution >= 4 is 17.6 Å². The first-order valence-corrected chi connectivity index (χ1v) is 8.54. The molecule has 24 heavy (non-hydrogen) atoms. The van der Waals surface area contributed by atoms with Crippen molar-refractivity contribution in [1.29, 1.82) is 0 Å². The van der Waals surface area contributed by atoms with Crippen LogP contribution >= 0.6 is 0 Å². The van der Waals surface area contributed by atoms with Crippen molar-refractivity contribution < 1.29 is 19.1 Å². The Morgan fingerprint density at radius 2 is 2.17 bits per heavy atom. The summed E-state index contributed by atoms with van der Waals surface area (Å²) in [7, 11) is 0. The summed E-state index contributed by atoms with van der Waals surface area (Å²) in [4.78, 5) is 27.3. The highest BCUT2D eigenvalue weighted by atomic mass is 16.6. The highest BCUT2D eigenvalue weighted by molar-refractivity contribution is 6.03. The second-order valence-corrected chi connectivity index (χ2v) is 6.56. The SMILES string of the molecule is CCOC(=O)[C@H]1[C@H]2C=C[C@@]3(CN(c4ccccc4CC)C(=O)[C@@H]13)O2. The van der Waals surface area contributed by atoms with Crippen molar-refractivity contribution in [3.63, 3.8) is 0 Å². The molecule has 3 aliphatic heterocycles. The van der Waals surface area contributed by atoms with E-state index >= 15 is 0 Å². The van der Waals surface area contributed by atoms with E-state index in [9.17, 15) is 9.59 Å². The molecular weight excluding hydrogens is 306 g/mol. The quantitative estimate of drug-likeness (QED) is 0.628. The van der Waals surface area contributed by atoms with Gasteiger partial charge in [0.2, 0.25) is 5.91 Å². The maximum Gasteiger partial charge on any atom is 0.312 e. The lowest BCUT2D eigenvalue weighted by Crippen LogP contribution is -2.40. The zero-order valence-corrected chi connectivity index (χ0v) is 13.9. The first-order valence-electron chi connectivity index (χ1n) is 8.54. The van der Waals surface area contributed by atoms with E-state index in [1.165, 1.54) is 0 Å². The zero-order valence-electron chi connectivity index (χ0n) is 13.9. The number of carbonyl (C=O) groups is 2. The second-order valence-electron chi connectivity index (χ2n) is 6.56. The van der Waals surface area contributed by atoms with Gasteiger partial charge in [-0.1, -0.05) is 37.3 Å². The summed E-state index contributed by atoms with van der Waals surface area (Å²) >= 11 is 0. The van der Waals surface area contributed by atoms with E-state index in [1.807, 2.05) is 36.4 Å². The Labute approximate surface area is 141 Å². The maximum absolute atomic E-state index is 13.2. The summed E-state index contributed by atoms with van der Waals surface area (Å²) in [5.41, 5.74) is 1.34. The highest BCUT2D eigenvalue weighted by Crippen LogP contribution is 2.53. The Bertz CT molecular complexity index is 728. The van der Waals surface area contributed by atoms with Crippen molar-refractivity contribution in [2.24, 2.45) is 11.8 Å². The smallest absolute Gasteiger partial charge is 0.312 e. The molecule has 0 unspecified atom stereocenters. The molecule has 0 N–H and O–H groups in total. The average Bonchev–Trinajstić information content (AvgIpc) is 3.23. The molecule has 2 bridgehead atoms. The molecule has 0 aromatic heterocycles. The predicted octanol–water partition coefficient (Wildman–Crippen LogP) is 2.10. The number of rotatable bonds is 4. The van der Waals surface area contributed by atoms with E-state index in [2.05, 4.69) is 6.92 Å². The lowest BCUT2D eigenvalue weighted by molar-refractivity contribution is -0.151. The zero-order chi connectivity index (χ0) is 16.9. The molecule has 4 atom stereocenters. The van der Waals surface area contributed by atoms with Gasteiger partial charge in [-0.2, -0.15) is 0 Å². The first-order chi connectivity index (χ1) is 11.6. The van der Waals surface area contributed by atoms with E-state index in [4.69, 9.17) is 9.47 Å². The van der Waals surface area contributed by atoms with Gasteiger partial charge in [0.1, 0.15) is 11.5 Å². The van der Waals surface area contributed by atoms with E-state index in [-0.39, 0.29) is 18.0 Å². The van der Waals surface area contributed by atoms with Crippen LogP contribution in [0.1, 0.15) is 19.4 Å². The average molecular weight is 327 g/mol. The van der Waals surface area contributed by atoms with Gasteiger partial charge in [0.25, 0.3) is 0 Å². The van der Waals surface area contributed by atoms with Gasteiger partial charge < -0.3 is 14.4 Å². The number of anilines is 1. The number of para-hydroxylation sites is 1. The van der Waals surface area contributed by atoms with Crippen molar-refractivity contribution in [3.8, 4) is 0 Å². The van der Waals surface area contributed by atoms with Crippen LogP contribution in [-0.2, 0) is 25.5 Å². The number of ether oxygens (including phenoxy) is 2. The molecule has 1 aromatic carbocycles. The number of nitrogens with zero attached hydrogens (tertiary/aromatic N) is 1. The van der Waals surface area contributed by atoms with Gasteiger partial charge in [-0.25, -0.2) is 0 Å². The Morgan fingerprint density at radius 1 is 1.38 bits per heavy atom. The molecule has 1 aromatic rings. The normalized spacial score (nSPS) is 33.2. The molecule has 3 heterocycles. The van der Waals surface area contributed by atoms with Crippen LogP contribution in [0.3, 0.4) is 0 Å². The van der Waals surface area contributed by atoms with E-state index in [0.29, 0.717) is 13.2 Å². The van der Waals surface area contributed by atoms with Gasteiger partial charge in [-0.05, 0) is 25.0 Å². The third-order valence-electron chi connectivity index (χ3n) is 5.32. The molecule has 126 valence electrons. The van der Waals surface area contributed by atoms with Crippen molar-refractivity contribution in [1.82, 2.24) is 0 Å². The van der Waals surface area contributed by atoms with Crippen molar-refractivity contribution in [2.45, 2.75) is 32.0 Å². The third-order valence-corrected chi connectivity index (χ3v) is 5.32. The molecule has 0 aliphatic carbocycles. The fraction of sp³-hybridized carbons (Fsp3) is 0.474. The number of fused-ring (bicyclic) bond motifs is 1. The summed E-state index contributed by atoms with van der Waals surface area (Å²) < 4.78 is 11.3. The minimum absolute atomic E-state index is 0.0409. The standard InChI is InChI=1S/C19H21NO4/c1-3-12-7-5-6-8-13(12)20-11-19-10-9-14(24-19)15(16(19)17(20)21)18(22)23-4-2/h5-10,14-16H,3-4,11H2,1-2H3/t14-,15+,16-,19+/m1/s1. The molecule has 1 spiro atoms. The summed E-state index contributed by atoms with van der Waals surface area (Å²) in [5, 5.41) is 0. The van der Waals surface area contributed by atoms with Gasteiger partial charge in [-0.15, -0.1) is 0 Å². The fourth-order valence-corrected chi connectivity index (χ4v) is 4.28. The largest absolute Gasteiger partial charge is 0.466 e. The lowest BCUT2D eigenvalue weighted by atomic mass is 9.77. The molecule has 2 fully saturated rings. The Morgan fingerprint density at radius 3 is 2.92 bits per heavy atom. The Kier molecular flexibility index (Phi) is 3.49. The van der Waals surface area contributed by atoms with Crippen LogP contribution in [0.4, 0.5) is 5.69 Å². The van der Waals surface area contributed by atoms with Gasteiger partial charge in [0, 0.05) is 5.69 Å². The molecule has 1 amide bonds. The van der Waals surface area contributed by atoms with Gasteiger partial charge in [0.05, 0.1) is 25.2 Å². The van der Waals surface area contributed by atoms with Crippen LogP contribution in [-0.4, -0.2) is 36.7 Å². The maximum atomic E-state index is 13.2. The van der Waals surface area contributed by atoms with E-state index in [1.54, 1.807) is 11.8 Å². The molecular formula is C19H21NO4. The number of aryl methyl sites for hydroxylation is 1. The number of carbonyl (C=O) groups excluding carboxylic acids is 2. The molecule has 2 saturated heterocycles. The minimum atomic E-state index is -0.694. The lowest BCUT2D eigenvalue weighted by Gasteiger charge is -2.23. The molecule has 5 heteroatoms. The molecule has 5 nitrogen and oxygen atoms in total. The summed E-state index contributed by atoms with van der Waals surface area (Å²) in [5.74, 6) is -1.41. The second kappa shape index (κ2) is 5.45. The highest BCUT2D eigenvalue weighted by Gasteiger charge is 2.67.